The normalized spacial score (nSPS) is 17.5. The highest BCUT2D eigenvalue weighted by Gasteiger charge is 2.26. The van der Waals surface area contributed by atoms with E-state index in [9.17, 15) is 4.79 Å². The molecule has 0 radical (unpaired) electrons. The zero-order valence-corrected chi connectivity index (χ0v) is 16.2. The Morgan fingerprint density at radius 2 is 2.00 bits per heavy atom. The summed E-state index contributed by atoms with van der Waals surface area (Å²) >= 11 is 0. The molecule has 3 rings (SSSR count). The second kappa shape index (κ2) is 9.51. The van der Waals surface area contributed by atoms with Crippen LogP contribution < -0.4 is 9.47 Å². The van der Waals surface area contributed by atoms with Crippen LogP contribution in [0.4, 0.5) is 0 Å². The second-order valence-corrected chi connectivity index (χ2v) is 7.02. The van der Waals surface area contributed by atoms with Crippen LogP contribution in [0.2, 0.25) is 0 Å². The van der Waals surface area contributed by atoms with E-state index in [4.69, 9.17) is 9.47 Å². The van der Waals surface area contributed by atoms with Crippen molar-refractivity contribution in [3.05, 3.63) is 53.9 Å². The van der Waals surface area contributed by atoms with Crippen molar-refractivity contribution in [1.82, 2.24) is 9.88 Å². The average Bonchev–Trinajstić information content (AvgIpc) is 2.72. The Morgan fingerprint density at radius 3 is 2.74 bits per heavy atom. The molecule has 0 spiro atoms. The number of carbonyl (C=O) groups excluding carboxylic acids is 1. The Labute approximate surface area is 161 Å². The van der Waals surface area contributed by atoms with Crippen LogP contribution in [-0.2, 0) is 17.8 Å². The van der Waals surface area contributed by atoms with Crippen molar-refractivity contribution in [3.8, 4) is 11.5 Å². The van der Waals surface area contributed by atoms with Crippen molar-refractivity contribution in [2.24, 2.45) is 5.92 Å². The molecule has 0 saturated carbocycles. The van der Waals surface area contributed by atoms with Crippen LogP contribution in [0.1, 0.15) is 30.5 Å². The molecule has 0 N–H and O–H groups in total. The molecule has 144 valence electrons. The summed E-state index contributed by atoms with van der Waals surface area (Å²) in [7, 11) is 3.26. The van der Waals surface area contributed by atoms with E-state index in [1.54, 1.807) is 26.5 Å². The lowest BCUT2D eigenvalue weighted by atomic mass is 9.90. The van der Waals surface area contributed by atoms with Crippen molar-refractivity contribution in [2.75, 3.05) is 27.3 Å². The van der Waals surface area contributed by atoms with E-state index < -0.39 is 0 Å². The number of ether oxygens (including phenoxy) is 2. The number of hydrogen-bond acceptors (Lipinski definition) is 5. The maximum Gasteiger partial charge on any atom is 0.183 e. The highest BCUT2D eigenvalue weighted by atomic mass is 16.5. The minimum Gasteiger partial charge on any atom is -0.493 e. The van der Waals surface area contributed by atoms with E-state index in [0.717, 1.165) is 38.0 Å². The summed E-state index contributed by atoms with van der Waals surface area (Å²) in [5.74, 6) is 1.85. The number of carbonyl (C=O) groups is 1. The van der Waals surface area contributed by atoms with E-state index in [1.807, 2.05) is 18.2 Å². The average molecular weight is 368 g/mol. The third kappa shape index (κ3) is 5.07. The molecule has 1 aliphatic rings. The SMILES string of the molecule is COc1ccnc(CN2CCC[C@@H](C(=O)CCc3ccccc3)C2)c1OC. The third-order valence-electron chi connectivity index (χ3n) is 5.20. The number of pyridine rings is 1. The Balaban J connectivity index is 1.58. The van der Waals surface area contributed by atoms with Gasteiger partial charge in [0, 0.05) is 37.7 Å². The van der Waals surface area contributed by atoms with Crippen LogP contribution >= 0.6 is 0 Å². The summed E-state index contributed by atoms with van der Waals surface area (Å²) < 4.78 is 10.9. The number of Topliss-reactive ketones (excluding diaryl/α,β-unsaturated/α-hetero) is 1. The van der Waals surface area contributed by atoms with Gasteiger partial charge in [-0.05, 0) is 31.4 Å². The van der Waals surface area contributed by atoms with Gasteiger partial charge in [-0.2, -0.15) is 0 Å². The molecule has 5 heteroatoms. The molecular formula is C22H28N2O3. The van der Waals surface area contributed by atoms with Gasteiger partial charge in [-0.1, -0.05) is 30.3 Å². The maximum atomic E-state index is 12.7. The fourth-order valence-corrected chi connectivity index (χ4v) is 3.75. The van der Waals surface area contributed by atoms with Crippen LogP contribution in [0.15, 0.2) is 42.6 Å². The quantitative estimate of drug-likeness (QED) is 0.714. The molecule has 1 fully saturated rings. The van der Waals surface area contributed by atoms with Gasteiger partial charge in [0.15, 0.2) is 11.5 Å². The standard InChI is InChI=1S/C22H28N2O3/c1-26-21-12-13-23-19(22(21)27-2)16-24-14-6-9-18(15-24)20(25)11-10-17-7-4-3-5-8-17/h3-5,7-8,12-13,18H,6,9-11,14-16H2,1-2H3/t18-/m1/s1. The predicted octanol–water partition coefficient (Wildman–Crippen LogP) is 3.51. The van der Waals surface area contributed by atoms with E-state index in [0.29, 0.717) is 30.2 Å². The minimum absolute atomic E-state index is 0.110. The van der Waals surface area contributed by atoms with Crippen LogP contribution in [0.5, 0.6) is 11.5 Å². The summed E-state index contributed by atoms with van der Waals surface area (Å²) in [6.07, 6.45) is 5.19. The lowest BCUT2D eigenvalue weighted by Crippen LogP contribution is -2.38. The van der Waals surface area contributed by atoms with Gasteiger partial charge in [0.05, 0.1) is 14.2 Å². The van der Waals surface area contributed by atoms with E-state index in [2.05, 4.69) is 22.0 Å². The molecule has 1 aromatic heterocycles. The Hall–Kier alpha value is -2.40. The first-order valence-electron chi connectivity index (χ1n) is 9.56. The highest BCUT2D eigenvalue weighted by molar-refractivity contribution is 5.81. The second-order valence-electron chi connectivity index (χ2n) is 7.02. The zero-order valence-electron chi connectivity index (χ0n) is 16.2. The molecule has 0 unspecified atom stereocenters. The van der Waals surface area contributed by atoms with Crippen LogP contribution in [0.3, 0.4) is 0 Å². The first kappa shape index (κ1) is 19.4. The van der Waals surface area contributed by atoms with Crippen molar-refractivity contribution in [3.63, 3.8) is 0 Å². The van der Waals surface area contributed by atoms with Gasteiger partial charge < -0.3 is 9.47 Å². The molecule has 1 aromatic carbocycles. The topological polar surface area (TPSA) is 51.7 Å². The first-order chi connectivity index (χ1) is 13.2. The van der Waals surface area contributed by atoms with Crippen LogP contribution in [0, 0.1) is 5.92 Å². The van der Waals surface area contributed by atoms with Crippen molar-refractivity contribution in [2.45, 2.75) is 32.2 Å². The highest BCUT2D eigenvalue weighted by Crippen LogP contribution is 2.31. The van der Waals surface area contributed by atoms with E-state index in [1.165, 1.54) is 5.56 Å². The van der Waals surface area contributed by atoms with Gasteiger partial charge in [-0.15, -0.1) is 0 Å². The third-order valence-corrected chi connectivity index (χ3v) is 5.20. The summed E-state index contributed by atoms with van der Waals surface area (Å²) in [5.41, 5.74) is 2.08. The van der Waals surface area contributed by atoms with Crippen molar-refractivity contribution in [1.29, 1.82) is 0 Å². The van der Waals surface area contributed by atoms with Crippen molar-refractivity contribution >= 4 is 5.78 Å². The molecule has 5 nitrogen and oxygen atoms in total. The number of aryl methyl sites for hydroxylation is 1. The number of piperidine rings is 1. The molecule has 0 amide bonds. The number of benzene rings is 1. The summed E-state index contributed by atoms with van der Waals surface area (Å²) in [4.78, 5) is 19.5. The number of hydrogen-bond donors (Lipinski definition) is 0. The molecule has 0 aliphatic carbocycles. The number of nitrogens with zero attached hydrogens (tertiary/aromatic N) is 2. The minimum atomic E-state index is 0.110. The number of aromatic nitrogens is 1. The number of methoxy groups -OCH3 is 2. The smallest absolute Gasteiger partial charge is 0.183 e. The summed E-state index contributed by atoms with van der Waals surface area (Å²) in [5, 5.41) is 0. The zero-order chi connectivity index (χ0) is 19.1. The molecule has 1 aliphatic heterocycles. The molecule has 2 heterocycles. The van der Waals surface area contributed by atoms with E-state index in [-0.39, 0.29) is 5.92 Å². The Bertz CT molecular complexity index is 748. The molecule has 1 atom stereocenters. The number of rotatable bonds is 8. The maximum absolute atomic E-state index is 12.7. The van der Waals surface area contributed by atoms with Gasteiger partial charge in [0.1, 0.15) is 11.5 Å². The van der Waals surface area contributed by atoms with Gasteiger partial charge in [0.2, 0.25) is 0 Å². The van der Waals surface area contributed by atoms with Gasteiger partial charge in [-0.3, -0.25) is 14.7 Å². The largest absolute Gasteiger partial charge is 0.493 e. The first-order valence-corrected chi connectivity index (χ1v) is 9.56. The van der Waals surface area contributed by atoms with Crippen LogP contribution in [0.25, 0.3) is 0 Å². The predicted molar refractivity (Wildman–Crippen MR) is 105 cm³/mol. The fourth-order valence-electron chi connectivity index (χ4n) is 3.75. The molecule has 27 heavy (non-hydrogen) atoms. The number of ketones is 1. The molecule has 1 saturated heterocycles. The number of likely N-dealkylation sites (tertiary alicyclic amines) is 1. The Kier molecular flexibility index (Phi) is 6.82. The summed E-state index contributed by atoms with van der Waals surface area (Å²) in [6, 6.07) is 12.0. The lowest BCUT2D eigenvalue weighted by molar-refractivity contribution is -0.124. The van der Waals surface area contributed by atoms with Gasteiger partial charge in [-0.25, -0.2) is 0 Å². The monoisotopic (exact) mass is 368 g/mol. The lowest BCUT2D eigenvalue weighted by Gasteiger charge is -2.32. The van der Waals surface area contributed by atoms with Crippen LogP contribution in [-0.4, -0.2) is 43.0 Å². The van der Waals surface area contributed by atoms with E-state index >= 15 is 0 Å². The molecule has 2 aromatic rings. The van der Waals surface area contributed by atoms with Crippen molar-refractivity contribution < 1.29 is 14.3 Å². The van der Waals surface area contributed by atoms with Gasteiger partial charge >= 0.3 is 0 Å². The fraction of sp³-hybridized carbons (Fsp3) is 0.455. The molecule has 0 bridgehead atoms. The van der Waals surface area contributed by atoms with Gasteiger partial charge in [0.25, 0.3) is 0 Å². The summed E-state index contributed by atoms with van der Waals surface area (Å²) in [6.45, 7) is 2.43. The molecular weight excluding hydrogens is 340 g/mol. The Morgan fingerprint density at radius 1 is 1.19 bits per heavy atom.